The summed E-state index contributed by atoms with van der Waals surface area (Å²) in [5, 5.41) is 4.09. The van der Waals surface area contributed by atoms with Gasteiger partial charge in [0.2, 0.25) is 5.88 Å². The fourth-order valence-electron chi connectivity index (χ4n) is 4.18. The Labute approximate surface area is 196 Å². The van der Waals surface area contributed by atoms with Crippen LogP contribution >= 0.6 is 12.2 Å². The largest absolute Gasteiger partial charge is 0.480 e. The van der Waals surface area contributed by atoms with E-state index in [2.05, 4.69) is 87.7 Å². The van der Waals surface area contributed by atoms with Gasteiger partial charge in [0.05, 0.1) is 7.11 Å². The van der Waals surface area contributed by atoms with Gasteiger partial charge in [-0.1, -0.05) is 55.5 Å². The zero-order valence-corrected chi connectivity index (χ0v) is 19.8. The van der Waals surface area contributed by atoms with Crippen LogP contribution in [0.3, 0.4) is 0 Å². The van der Waals surface area contributed by atoms with Crippen LogP contribution < -0.4 is 15.0 Å². The maximum atomic E-state index is 5.75. The van der Waals surface area contributed by atoms with Crippen molar-refractivity contribution in [1.82, 2.24) is 9.88 Å². The fourth-order valence-corrected chi connectivity index (χ4v) is 4.48. The molecule has 1 aliphatic heterocycles. The van der Waals surface area contributed by atoms with E-state index in [1.165, 1.54) is 22.4 Å². The third kappa shape index (κ3) is 4.70. The quantitative estimate of drug-likeness (QED) is 0.547. The molecule has 1 aliphatic rings. The van der Waals surface area contributed by atoms with Gasteiger partial charge in [-0.15, -0.1) is 0 Å². The highest BCUT2D eigenvalue weighted by Crippen LogP contribution is 2.31. The standard InChI is InChI=1S/C26H30N4OS/c1-4-20-18-23(25(31-3)27-19(20)2)28-26(32)30-16-14-29(15-17-30)24-13-9-8-12-22(24)21-10-6-5-7-11-21/h5-13,18H,4,14-17H2,1-3H3,(H,28,32). The van der Waals surface area contributed by atoms with Crippen molar-refractivity contribution in [3.8, 4) is 17.0 Å². The number of methoxy groups -OCH3 is 1. The van der Waals surface area contributed by atoms with E-state index in [-0.39, 0.29) is 0 Å². The molecule has 5 nitrogen and oxygen atoms in total. The number of hydrogen-bond acceptors (Lipinski definition) is 4. The van der Waals surface area contributed by atoms with E-state index < -0.39 is 0 Å². The van der Waals surface area contributed by atoms with E-state index in [0.717, 1.165) is 44.0 Å². The van der Waals surface area contributed by atoms with Crippen LogP contribution in [0.5, 0.6) is 5.88 Å². The number of benzene rings is 2. The molecule has 6 heteroatoms. The van der Waals surface area contributed by atoms with Crippen LogP contribution in [0, 0.1) is 6.92 Å². The first-order valence-corrected chi connectivity index (χ1v) is 11.5. The van der Waals surface area contributed by atoms with E-state index in [0.29, 0.717) is 11.0 Å². The first-order valence-electron chi connectivity index (χ1n) is 11.1. The maximum absolute atomic E-state index is 5.75. The summed E-state index contributed by atoms with van der Waals surface area (Å²) in [6.07, 6.45) is 0.920. The number of para-hydroxylation sites is 1. The van der Waals surface area contributed by atoms with E-state index in [1.807, 2.05) is 6.92 Å². The van der Waals surface area contributed by atoms with E-state index in [4.69, 9.17) is 17.0 Å². The van der Waals surface area contributed by atoms with Gasteiger partial charge in [0.1, 0.15) is 5.69 Å². The maximum Gasteiger partial charge on any atom is 0.237 e. The van der Waals surface area contributed by atoms with Crippen LogP contribution in [0.2, 0.25) is 0 Å². The first-order chi connectivity index (χ1) is 15.6. The smallest absolute Gasteiger partial charge is 0.237 e. The molecule has 0 radical (unpaired) electrons. The predicted octanol–water partition coefficient (Wildman–Crippen LogP) is 5.15. The molecular weight excluding hydrogens is 416 g/mol. The number of ether oxygens (including phenoxy) is 1. The van der Waals surface area contributed by atoms with Gasteiger partial charge < -0.3 is 19.9 Å². The lowest BCUT2D eigenvalue weighted by molar-refractivity contribution is 0.388. The summed E-state index contributed by atoms with van der Waals surface area (Å²) in [7, 11) is 1.64. The second-order valence-electron chi connectivity index (χ2n) is 7.93. The fraction of sp³-hybridized carbons (Fsp3) is 0.308. The molecule has 4 rings (SSSR count). The molecule has 0 saturated carbocycles. The lowest BCUT2D eigenvalue weighted by Crippen LogP contribution is -2.50. The molecule has 0 spiro atoms. The second kappa shape index (κ2) is 10.0. The highest BCUT2D eigenvalue weighted by molar-refractivity contribution is 7.80. The number of nitrogens with one attached hydrogen (secondary N) is 1. The third-order valence-corrected chi connectivity index (χ3v) is 6.36. The second-order valence-corrected chi connectivity index (χ2v) is 8.32. The lowest BCUT2D eigenvalue weighted by Gasteiger charge is -2.38. The summed E-state index contributed by atoms with van der Waals surface area (Å²) in [4.78, 5) is 9.25. The number of pyridine rings is 1. The summed E-state index contributed by atoms with van der Waals surface area (Å²) in [6.45, 7) is 7.68. The number of hydrogen-bond donors (Lipinski definition) is 1. The molecule has 1 saturated heterocycles. The molecule has 0 unspecified atom stereocenters. The summed E-state index contributed by atoms with van der Waals surface area (Å²) >= 11 is 5.75. The number of anilines is 2. The van der Waals surface area contributed by atoms with Crippen molar-refractivity contribution >= 4 is 28.7 Å². The van der Waals surface area contributed by atoms with Gasteiger partial charge in [0.25, 0.3) is 0 Å². The van der Waals surface area contributed by atoms with Gasteiger partial charge in [-0.05, 0) is 48.8 Å². The molecule has 2 aromatic carbocycles. The van der Waals surface area contributed by atoms with Crippen LogP contribution in [0.1, 0.15) is 18.2 Å². The molecule has 166 valence electrons. The number of piperazine rings is 1. The van der Waals surface area contributed by atoms with E-state index in [1.54, 1.807) is 7.11 Å². The summed E-state index contributed by atoms with van der Waals surface area (Å²) in [5.41, 5.74) is 6.80. The van der Waals surface area contributed by atoms with Crippen LogP contribution in [0.15, 0.2) is 60.7 Å². The van der Waals surface area contributed by atoms with E-state index in [9.17, 15) is 0 Å². The van der Waals surface area contributed by atoms with Crippen LogP contribution in [-0.2, 0) is 6.42 Å². The number of aryl methyl sites for hydroxylation is 2. The average molecular weight is 447 g/mol. The molecule has 0 aliphatic carbocycles. The molecule has 0 bridgehead atoms. The number of rotatable bonds is 5. The summed E-state index contributed by atoms with van der Waals surface area (Å²) in [5.74, 6) is 0.581. The summed E-state index contributed by atoms with van der Waals surface area (Å²) < 4.78 is 5.48. The molecule has 3 aromatic rings. The molecule has 2 heterocycles. The Morgan fingerprint density at radius 1 is 1.03 bits per heavy atom. The van der Waals surface area contributed by atoms with Crippen molar-refractivity contribution in [1.29, 1.82) is 0 Å². The minimum absolute atomic E-state index is 0.581. The van der Waals surface area contributed by atoms with Gasteiger partial charge in [-0.25, -0.2) is 4.98 Å². The van der Waals surface area contributed by atoms with Crippen molar-refractivity contribution in [2.45, 2.75) is 20.3 Å². The van der Waals surface area contributed by atoms with Gasteiger partial charge in [-0.3, -0.25) is 0 Å². The number of thiocarbonyl (C=S) groups is 1. The molecule has 1 fully saturated rings. The topological polar surface area (TPSA) is 40.6 Å². The van der Waals surface area contributed by atoms with Crippen LogP contribution in [0.4, 0.5) is 11.4 Å². The van der Waals surface area contributed by atoms with Crippen LogP contribution in [-0.4, -0.2) is 48.3 Å². The highest BCUT2D eigenvalue weighted by Gasteiger charge is 2.22. The minimum atomic E-state index is 0.581. The minimum Gasteiger partial charge on any atom is -0.480 e. The van der Waals surface area contributed by atoms with Crippen molar-refractivity contribution < 1.29 is 4.74 Å². The average Bonchev–Trinajstić information content (AvgIpc) is 2.85. The van der Waals surface area contributed by atoms with Gasteiger partial charge in [0.15, 0.2) is 5.11 Å². The molecular formula is C26H30N4OS. The Kier molecular flexibility index (Phi) is 6.90. The Bertz CT molecular complexity index is 1080. The van der Waals surface area contributed by atoms with Crippen molar-refractivity contribution in [2.24, 2.45) is 0 Å². The van der Waals surface area contributed by atoms with Crippen molar-refractivity contribution in [3.63, 3.8) is 0 Å². The zero-order chi connectivity index (χ0) is 22.5. The Morgan fingerprint density at radius 2 is 1.72 bits per heavy atom. The Hall–Kier alpha value is -3.12. The van der Waals surface area contributed by atoms with E-state index >= 15 is 0 Å². The Balaban J connectivity index is 1.45. The van der Waals surface area contributed by atoms with Crippen molar-refractivity contribution in [2.75, 3.05) is 43.5 Å². The number of nitrogens with zero attached hydrogens (tertiary/aromatic N) is 3. The monoisotopic (exact) mass is 446 g/mol. The Morgan fingerprint density at radius 3 is 2.41 bits per heavy atom. The predicted molar refractivity (Wildman–Crippen MR) is 137 cm³/mol. The number of aromatic nitrogens is 1. The SMILES string of the molecule is CCc1cc(NC(=S)N2CCN(c3ccccc3-c3ccccc3)CC2)c(OC)nc1C. The molecule has 0 amide bonds. The van der Waals surface area contributed by atoms with Gasteiger partial charge in [-0.2, -0.15) is 0 Å². The molecule has 1 N–H and O–H groups in total. The van der Waals surface area contributed by atoms with Crippen molar-refractivity contribution in [3.05, 3.63) is 71.9 Å². The van der Waals surface area contributed by atoms with Crippen LogP contribution in [0.25, 0.3) is 11.1 Å². The molecule has 32 heavy (non-hydrogen) atoms. The van der Waals surface area contributed by atoms with Gasteiger partial charge >= 0.3 is 0 Å². The highest BCUT2D eigenvalue weighted by atomic mass is 32.1. The molecule has 1 aromatic heterocycles. The first kappa shape index (κ1) is 22.1. The third-order valence-electron chi connectivity index (χ3n) is 6.00. The lowest BCUT2D eigenvalue weighted by atomic mass is 10.0. The zero-order valence-electron chi connectivity index (χ0n) is 19.0. The summed E-state index contributed by atoms with van der Waals surface area (Å²) in [6, 6.07) is 21.3. The normalized spacial score (nSPS) is 13.7. The molecule has 0 atom stereocenters. The van der Waals surface area contributed by atoms with Gasteiger partial charge in [0, 0.05) is 43.1 Å².